The van der Waals surface area contributed by atoms with Crippen molar-refractivity contribution in [2.45, 2.75) is 44.1 Å². The fourth-order valence-corrected chi connectivity index (χ4v) is 3.77. The zero-order chi connectivity index (χ0) is 22.0. The fraction of sp³-hybridized carbons (Fsp3) is 0.409. The first-order valence-electron chi connectivity index (χ1n) is 9.87. The fourth-order valence-electron chi connectivity index (χ4n) is 3.77. The Bertz CT molecular complexity index is 948. The number of fused-ring (bicyclic) bond motifs is 1. The number of pyridine rings is 1. The molecule has 9 heteroatoms. The smallest absolute Gasteiger partial charge is 0.340 e. The van der Waals surface area contributed by atoms with Gasteiger partial charge >= 0.3 is 11.9 Å². The number of benzene rings is 1. The Morgan fingerprint density at radius 3 is 2.52 bits per heavy atom. The molecule has 9 nitrogen and oxygen atoms in total. The summed E-state index contributed by atoms with van der Waals surface area (Å²) in [5.41, 5.74) is 0.632. The quantitative estimate of drug-likeness (QED) is 0.415. The van der Waals surface area contributed by atoms with Crippen LogP contribution < -0.4 is 4.74 Å². The number of rotatable bonds is 6. The molecule has 5 atom stereocenters. The van der Waals surface area contributed by atoms with Gasteiger partial charge < -0.3 is 28.8 Å². The minimum atomic E-state index is -1.78. The Hall–Kier alpha value is -2.85. The molecule has 31 heavy (non-hydrogen) atoms. The summed E-state index contributed by atoms with van der Waals surface area (Å²) in [5.74, 6) is -2.60. The van der Waals surface area contributed by atoms with Gasteiger partial charge in [0.15, 0.2) is 11.9 Å². The summed E-state index contributed by atoms with van der Waals surface area (Å²) >= 11 is 0. The van der Waals surface area contributed by atoms with E-state index < -0.39 is 42.1 Å². The Morgan fingerprint density at radius 1 is 1.10 bits per heavy atom. The molecule has 2 fully saturated rings. The third-order valence-corrected chi connectivity index (χ3v) is 5.14. The second-order valence-electron chi connectivity index (χ2n) is 7.51. The van der Waals surface area contributed by atoms with Gasteiger partial charge in [0, 0.05) is 19.3 Å². The Balaban J connectivity index is 1.43. The van der Waals surface area contributed by atoms with Gasteiger partial charge in [-0.2, -0.15) is 0 Å². The molecule has 2 saturated heterocycles. The van der Waals surface area contributed by atoms with Crippen LogP contribution in [-0.4, -0.2) is 59.7 Å². The average molecular weight is 429 g/mol. The van der Waals surface area contributed by atoms with Crippen LogP contribution in [0.1, 0.15) is 29.8 Å². The molecule has 2 unspecified atom stereocenters. The first-order valence-corrected chi connectivity index (χ1v) is 9.87. The lowest BCUT2D eigenvalue weighted by Gasteiger charge is -2.30. The van der Waals surface area contributed by atoms with Crippen molar-refractivity contribution < 1.29 is 38.4 Å². The Labute approximate surface area is 178 Å². The summed E-state index contributed by atoms with van der Waals surface area (Å²) in [6.45, 7) is 3.02. The Kier molecular flexibility index (Phi) is 6.01. The van der Waals surface area contributed by atoms with Crippen molar-refractivity contribution in [3.05, 3.63) is 59.9 Å². The van der Waals surface area contributed by atoms with E-state index >= 15 is 0 Å². The summed E-state index contributed by atoms with van der Waals surface area (Å²) in [6, 6.07) is 9.84. The lowest BCUT2D eigenvalue weighted by Crippen LogP contribution is -2.40. The molecule has 1 aromatic carbocycles. The molecule has 2 aromatic rings. The van der Waals surface area contributed by atoms with Crippen molar-refractivity contribution in [1.29, 1.82) is 0 Å². The predicted octanol–water partition coefficient (Wildman–Crippen LogP) is 1.58. The van der Waals surface area contributed by atoms with Crippen LogP contribution in [0.25, 0.3) is 0 Å². The van der Waals surface area contributed by atoms with Gasteiger partial charge in [-0.1, -0.05) is 12.1 Å². The number of aliphatic hydroxyl groups is 1. The number of carbonyl (C=O) groups excluding carboxylic acids is 2. The number of aromatic nitrogens is 1. The number of nitrogens with zero attached hydrogens (tertiary/aromatic N) is 1. The molecule has 2 aliphatic heterocycles. The highest BCUT2D eigenvalue weighted by atomic mass is 16.7. The molecular weight excluding hydrogens is 406 g/mol. The van der Waals surface area contributed by atoms with Gasteiger partial charge in [0.1, 0.15) is 24.1 Å². The SMILES string of the molecule is CC(=O)Oc1ccccc1C(C)(O)O[C@H]1COC2[C@H](OC(=O)c3cccnc3)CO[C@@H]21. The zero-order valence-corrected chi connectivity index (χ0v) is 17.1. The number of para-hydroxylation sites is 1. The van der Waals surface area contributed by atoms with Crippen LogP contribution in [0.3, 0.4) is 0 Å². The highest BCUT2D eigenvalue weighted by molar-refractivity contribution is 5.89. The van der Waals surface area contributed by atoms with Crippen molar-refractivity contribution in [2.75, 3.05) is 13.2 Å². The van der Waals surface area contributed by atoms with E-state index in [2.05, 4.69) is 4.98 Å². The van der Waals surface area contributed by atoms with Gasteiger partial charge in [0.05, 0.1) is 24.3 Å². The maximum Gasteiger partial charge on any atom is 0.340 e. The van der Waals surface area contributed by atoms with E-state index in [0.717, 1.165) is 0 Å². The van der Waals surface area contributed by atoms with E-state index in [4.69, 9.17) is 23.7 Å². The molecule has 0 bridgehead atoms. The van der Waals surface area contributed by atoms with Crippen molar-refractivity contribution in [3.8, 4) is 5.75 Å². The largest absolute Gasteiger partial charge is 0.453 e. The zero-order valence-electron chi connectivity index (χ0n) is 17.1. The van der Waals surface area contributed by atoms with Crippen LogP contribution in [0, 0.1) is 0 Å². The van der Waals surface area contributed by atoms with Crippen molar-refractivity contribution in [2.24, 2.45) is 0 Å². The van der Waals surface area contributed by atoms with Gasteiger partial charge in [-0.15, -0.1) is 0 Å². The lowest BCUT2D eigenvalue weighted by molar-refractivity contribution is -0.240. The minimum Gasteiger partial charge on any atom is -0.453 e. The topological polar surface area (TPSA) is 113 Å². The number of hydrogen-bond acceptors (Lipinski definition) is 9. The molecule has 3 heterocycles. The molecule has 164 valence electrons. The first-order chi connectivity index (χ1) is 14.8. The van der Waals surface area contributed by atoms with Crippen molar-refractivity contribution >= 4 is 11.9 Å². The molecular formula is C22H23NO8. The van der Waals surface area contributed by atoms with Gasteiger partial charge in [-0.25, -0.2) is 4.79 Å². The van der Waals surface area contributed by atoms with Gasteiger partial charge in [0.25, 0.3) is 0 Å². The molecule has 1 aromatic heterocycles. The van der Waals surface area contributed by atoms with E-state index in [9.17, 15) is 14.7 Å². The minimum absolute atomic E-state index is 0.141. The summed E-state index contributed by atoms with van der Waals surface area (Å²) < 4.78 is 28.2. The first kappa shape index (κ1) is 21.4. The van der Waals surface area contributed by atoms with Crippen LogP contribution in [0.2, 0.25) is 0 Å². The molecule has 1 N–H and O–H groups in total. The van der Waals surface area contributed by atoms with Gasteiger partial charge in [-0.3, -0.25) is 9.78 Å². The highest BCUT2D eigenvalue weighted by Gasteiger charge is 2.52. The van der Waals surface area contributed by atoms with Crippen molar-refractivity contribution in [1.82, 2.24) is 4.98 Å². The maximum atomic E-state index is 12.3. The number of hydrogen-bond donors (Lipinski definition) is 1. The summed E-state index contributed by atoms with van der Waals surface area (Å²) in [5, 5.41) is 11.0. The monoisotopic (exact) mass is 429 g/mol. The maximum absolute atomic E-state index is 12.3. The Morgan fingerprint density at radius 2 is 1.81 bits per heavy atom. The molecule has 0 aliphatic carbocycles. The van der Waals surface area contributed by atoms with E-state index in [1.165, 1.54) is 20.0 Å². The van der Waals surface area contributed by atoms with E-state index in [1.807, 2.05) is 0 Å². The molecule has 0 amide bonds. The summed E-state index contributed by atoms with van der Waals surface area (Å²) in [7, 11) is 0. The molecule has 2 aliphatic rings. The standard InChI is InChI=1S/C22H23NO8/c1-13(24)29-16-8-4-3-7-15(16)22(2,26)31-18-12-28-19-17(11-27-20(18)19)30-21(25)14-6-5-9-23-10-14/h3-10,17-20,26H,11-12H2,1-2H3/t17-,18+,19?,20-,22?/m1/s1. The van der Waals surface area contributed by atoms with Crippen LogP contribution in [0.4, 0.5) is 0 Å². The van der Waals surface area contributed by atoms with E-state index in [1.54, 1.807) is 42.6 Å². The second-order valence-corrected chi connectivity index (χ2v) is 7.51. The lowest BCUT2D eigenvalue weighted by atomic mass is 10.0. The van der Waals surface area contributed by atoms with Crippen LogP contribution in [0.15, 0.2) is 48.8 Å². The number of carbonyl (C=O) groups is 2. The summed E-state index contributed by atoms with van der Waals surface area (Å²) in [4.78, 5) is 27.6. The third-order valence-electron chi connectivity index (χ3n) is 5.14. The van der Waals surface area contributed by atoms with Gasteiger partial charge in [0.2, 0.25) is 0 Å². The van der Waals surface area contributed by atoms with Crippen LogP contribution in [0.5, 0.6) is 5.75 Å². The van der Waals surface area contributed by atoms with Crippen LogP contribution in [-0.2, 0) is 29.5 Å². The molecule has 4 rings (SSSR count). The number of esters is 2. The average Bonchev–Trinajstić information content (AvgIpc) is 3.32. The third kappa shape index (κ3) is 4.59. The van der Waals surface area contributed by atoms with Crippen molar-refractivity contribution in [3.63, 3.8) is 0 Å². The predicted molar refractivity (Wildman–Crippen MR) is 105 cm³/mol. The normalized spacial score (nSPS) is 26.7. The molecule has 0 saturated carbocycles. The molecule has 0 radical (unpaired) electrons. The molecule has 0 spiro atoms. The van der Waals surface area contributed by atoms with Gasteiger partial charge in [-0.05, 0) is 31.2 Å². The highest BCUT2D eigenvalue weighted by Crippen LogP contribution is 2.37. The number of ether oxygens (including phenoxy) is 5. The van der Waals surface area contributed by atoms with E-state index in [-0.39, 0.29) is 19.0 Å². The summed E-state index contributed by atoms with van der Waals surface area (Å²) in [6.07, 6.45) is 0.717. The van der Waals surface area contributed by atoms with E-state index in [0.29, 0.717) is 11.1 Å². The second kappa shape index (κ2) is 8.72. The van der Waals surface area contributed by atoms with Crippen LogP contribution >= 0.6 is 0 Å².